The Bertz CT molecular complexity index is 494. The van der Waals surface area contributed by atoms with E-state index in [4.69, 9.17) is 4.74 Å². The zero-order valence-electron chi connectivity index (χ0n) is 13.1. The fourth-order valence-electron chi connectivity index (χ4n) is 3.76. The topological polar surface area (TPSA) is 26.3 Å². The molecule has 0 atom stereocenters. The first-order valence-electron chi connectivity index (χ1n) is 8.45. The lowest BCUT2D eigenvalue weighted by atomic mass is 9.78. The second-order valence-corrected chi connectivity index (χ2v) is 6.70. The fraction of sp³-hybridized carbons (Fsp3) is 0.632. The van der Waals surface area contributed by atoms with E-state index in [-0.39, 0.29) is 5.78 Å². The average molecular weight is 286 g/mol. The lowest BCUT2D eigenvalue weighted by Crippen LogP contribution is -2.40. The van der Waals surface area contributed by atoms with E-state index in [1.165, 1.54) is 37.7 Å². The number of methoxy groups -OCH3 is 1. The zero-order valence-corrected chi connectivity index (χ0v) is 13.1. The summed E-state index contributed by atoms with van der Waals surface area (Å²) in [5.41, 5.74) is 1.62. The van der Waals surface area contributed by atoms with Crippen LogP contribution in [0.1, 0.15) is 79.6 Å². The second-order valence-electron chi connectivity index (χ2n) is 6.70. The van der Waals surface area contributed by atoms with Crippen LogP contribution in [-0.4, -0.2) is 18.5 Å². The van der Waals surface area contributed by atoms with E-state index in [9.17, 15) is 4.79 Å². The van der Waals surface area contributed by atoms with Gasteiger partial charge in [0.1, 0.15) is 5.60 Å². The van der Waals surface area contributed by atoms with Crippen molar-refractivity contribution in [3.05, 3.63) is 35.4 Å². The normalized spacial score (nSPS) is 22.3. The van der Waals surface area contributed by atoms with E-state index in [2.05, 4.69) is 12.1 Å². The summed E-state index contributed by atoms with van der Waals surface area (Å²) >= 11 is 0. The Balaban J connectivity index is 1.85. The molecule has 2 aliphatic rings. The van der Waals surface area contributed by atoms with Gasteiger partial charge in [0.25, 0.3) is 0 Å². The Labute approximate surface area is 127 Å². The summed E-state index contributed by atoms with van der Waals surface area (Å²) in [6, 6.07) is 8.31. The molecule has 0 heterocycles. The molecule has 0 saturated heterocycles. The molecule has 21 heavy (non-hydrogen) atoms. The molecule has 0 spiro atoms. The molecule has 0 N–H and O–H groups in total. The predicted octanol–water partition coefficient (Wildman–Crippen LogP) is 4.88. The van der Waals surface area contributed by atoms with Gasteiger partial charge in [-0.2, -0.15) is 0 Å². The molecule has 114 valence electrons. The van der Waals surface area contributed by atoms with Gasteiger partial charge >= 0.3 is 0 Å². The summed E-state index contributed by atoms with van der Waals surface area (Å²) in [4.78, 5) is 13.1. The van der Waals surface area contributed by atoms with E-state index in [0.717, 1.165) is 31.2 Å². The standard InChI is InChI=1S/C19H26O2/c1-21-19(12-4-2-3-5-13-19)18(20)17-11-7-10-16(14-17)15-8-6-9-15/h7,10-11,14-15H,2-6,8-9,12-13H2,1H3. The fourth-order valence-corrected chi connectivity index (χ4v) is 3.76. The quantitative estimate of drug-likeness (QED) is 0.582. The Morgan fingerprint density at radius 1 is 1.10 bits per heavy atom. The maximum Gasteiger partial charge on any atom is 0.194 e. The van der Waals surface area contributed by atoms with Crippen molar-refractivity contribution in [3.63, 3.8) is 0 Å². The van der Waals surface area contributed by atoms with Gasteiger partial charge in [-0.3, -0.25) is 4.79 Å². The second kappa shape index (κ2) is 6.31. The molecule has 0 aliphatic heterocycles. The summed E-state index contributed by atoms with van der Waals surface area (Å²) in [7, 11) is 1.71. The number of hydrogen-bond acceptors (Lipinski definition) is 2. The lowest BCUT2D eigenvalue weighted by molar-refractivity contribution is -0.00693. The summed E-state index contributed by atoms with van der Waals surface area (Å²) in [6.07, 6.45) is 10.3. The molecular formula is C19H26O2. The molecule has 1 aromatic carbocycles. The van der Waals surface area contributed by atoms with Gasteiger partial charge in [-0.1, -0.05) is 50.3 Å². The van der Waals surface area contributed by atoms with Gasteiger partial charge < -0.3 is 4.74 Å². The van der Waals surface area contributed by atoms with Crippen LogP contribution in [0.4, 0.5) is 0 Å². The highest BCUT2D eigenvalue weighted by Gasteiger charge is 2.39. The van der Waals surface area contributed by atoms with Crippen LogP contribution in [0.5, 0.6) is 0 Å². The van der Waals surface area contributed by atoms with Crippen molar-refractivity contribution in [1.82, 2.24) is 0 Å². The summed E-state index contributed by atoms with van der Waals surface area (Å²) in [5.74, 6) is 0.874. The van der Waals surface area contributed by atoms with E-state index in [1.807, 2.05) is 12.1 Å². The van der Waals surface area contributed by atoms with Crippen LogP contribution in [-0.2, 0) is 4.74 Å². The number of ether oxygens (including phenoxy) is 1. The molecule has 1 aromatic rings. The maximum absolute atomic E-state index is 13.1. The minimum absolute atomic E-state index is 0.202. The van der Waals surface area contributed by atoms with E-state index in [1.54, 1.807) is 7.11 Å². The molecule has 0 radical (unpaired) electrons. The molecule has 0 aromatic heterocycles. The van der Waals surface area contributed by atoms with Crippen molar-refractivity contribution in [1.29, 1.82) is 0 Å². The largest absolute Gasteiger partial charge is 0.370 e. The highest BCUT2D eigenvalue weighted by atomic mass is 16.5. The van der Waals surface area contributed by atoms with Gasteiger partial charge in [-0.05, 0) is 43.2 Å². The Hall–Kier alpha value is -1.15. The van der Waals surface area contributed by atoms with E-state index in [0.29, 0.717) is 5.92 Å². The van der Waals surface area contributed by atoms with Crippen LogP contribution >= 0.6 is 0 Å². The lowest BCUT2D eigenvalue weighted by Gasteiger charge is -2.31. The predicted molar refractivity (Wildman–Crippen MR) is 84.8 cm³/mol. The number of ketones is 1. The molecular weight excluding hydrogens is 260 g/mol. The third kappa shape index (κ3) is 2.91. The highest BCUT2D eigenvalue weighted by Crippen LogP contribution is 2.38. The number of hydrogen-bond donors (Lipinski definition) is 0. The Morgan fingerprint density at radius 3 is 2.38 bits per heavy atom. The van der Waals surface area contributed by atoms with Crippen molar-refractivity contribution in [2.45, 2.75) is 69.3 Å². The maximum atomic E-state index is 13.1. The summed E-state index contributed by atoms with van der Waals surface area (Å²) < 4.78 is 5.77. The van der Waals surface area contributed by atoms with Crippen molar-refractivity contribution >= 4 is 5.78 Å². The molecule has 0 unspecified atom stereocenters. The SMILES string of the molecule is COC1(C(=O)c2cccc(C3CCC3)c2)CCCCCC1. The Kier molecular flexibility index (Phi) is 4.44. The molecule has 2 fully saturated rings. The monoisotopic (exact) mass is 286 g/mol. The van der Waals surface area contributed by atoms with Gasteiger partial charge in [0.05, 0.1) is 0 Å². The number of carbonyl (C=O) groups excluding carboxylic acids is 1. The molecule has 2 saturated carbocycles. The molecule has 0 amide bonds. The third-order valence-corrected chi connectivity index (χ3v) is 5.44. The Morgan fingerprint density at radius 2 is 1.81 bits per heavy atom. The smallest absolute Gasteiger partial charge is 0.194 e. The third-order valence-electron chi connectivity index (χ3n) is 5.44. The number of rotatable bonds is 4. The van der Waals surface area contributed by atoms with Gasteiger partial charge in [-0.15, -0.1) is 0 Å². The van der Waals surface area contributed by atoms with E-state index < -0.39 is 5.60 Å². The van der Waals surface area contributed by atoms with Crippen LogP contribution in [0, 0.1) is 0 Å². The van der Waals surface area contributed by atoms with Gasteiger partial charge in [0.2, 0.25) is 0 Å². The first-order chi connectivity index (χ1) is 10.2. The van der Waals surface area contributed by atoms with Crippen LogP contribution in [0.15, 0.2) is 24.3 Å². The first kappa shape index (κ1) is 14.8. The first-order valence-corrected chi connectivity index (χ1v) is 8.45. The van der Waals surface area contributed by atoms with Crippen LogP contribution in [0.25, 0.3) is 0 Å². The molecule has 0 bridgehead atoms. The number of carbonyl (C=O) groups is 1. The highest BCUT2D eigenvalue weighted by molar-refractivity contribution is 6.02. The molecule has 2 nitrogen and oxygen atoms in total. The van der Waals surface area contributed by atoms with Crippen molar-refractivity contribution in [2.24, 2.45) is 0 Å². The minimum atomic E-state index is -0.575. The van der Waals surface area contributed by atoms with Gasteiger partial charge in [0, 0.05) is 12.7 Å². The van der Waals surface area contributed by atoms with Gasteiger partial charge in [0.15, 0.2) is 5.78 Å². The van der Waals surface area contributed by atoms with Crippen molar-refractivity contribution in [2.75, 3.05) is 7.11 Å². The number of benzene rings is 1. The van der Waals surface area contributed by atoms with Crippen LogP contribution in [0.2, 0.25) is 0 Å². The van der Waals surface area contributed by atoms with Crippen LogP contribution in [0.3, 0.4) is 0 Å². The zero-order chi connectivity index (χ0) is 14.7. The summed E-state index contributed by atoms with van der Waals surface area (Å²) in [6.45, 7) is 0. The van der Waals surface area contributed by atoms with Crippen molar-refractivity contribution < 1.29 is 9.53 Å². The van der Waals surface area contributed by atoms with Gasteiger partial charge in [-0.25, -0.2) is 0 Å². The average Bonchev–Trinajstić information content (AvgIpc) is 2.71. The van der Waals surface area contributed by atoms with Crippen LogP contribution < -0.4 is 0 Å². The van der Waals surface area contributed by atoms with E-state index >= 15 is 0 Å². The molecule has 2 aliphatic carbocycles. The molecule has 2 heteroatoms. The summed E-state index contributed by atoms with van der Waals surface area (Å²) in [5, 5.41) is 0. The molecule has 3 rings (SSSR count). The minimum Gasteiger partial charge on any atom is -0.370 e. The number of Topliss-reactive ketones (excluding diaryl/α,β-unsaturated/α-hetero) is 1. The van der Waals surface area contributed by atoms with Crippen molar-refractivity contribution in [3.8, 4) is 0 Å².